The summed E-state index contributed by atoms with van der Waals surface area (Å²) in [7, 11) is 1.67. The van der Waals surface area contributed by atoms with E-state index in [0.717, 1.165) is 11.1 Å². The number of furan rings is 1. The van der Waals surface area contributed by atoms with Gasteiger partial charge in [0, 0.05) is 25.7 Å². The van der Waals surface area contributed by atoms with E-state index in [1.54, 1.807) is 38.4 Å². The number of guanidine groups is 1. The molecule has 3 N–H and O–H groups in total. The third kappa shape index (κ3) is 7.39. The van der Waals surface area contributed by atoms with E-state index in [1.807, 2.05) is 30.3 Å². The van der Waals surface area contributed by atoms with Crippen LogP contribution in [0.1, 0.15) is 32.8 Å². The first-order chi connectivity index (χ1) is 14.5. The maximum absolute atomic E-state index is 13.7. The van der Waals surface area contributed by atoms with Crippen molar-refractivity contribution in [1.82, 2.24) is 16.0 Å². The van der Waals surface area contributed by atoms with Crippen LogP contribution in [0.25, 0.3) is 0 Å². The first kappa shape index (κ1) is 24.4. The number of aliphatic imine (C=N–C) groups is 1. The van der Waals surface area contributed by atoms with Gasteiger partial charge in [-0.2, -0.15) is 0 Å². The Morgan fingerprint density at radius 2 is 1.71 bits per heavy atom. The summed E-state index contributed by atoms with van der Waals surface area (Å²) in [5, 5.41) is 9.19. The van der Waals surface area contributed by atoms with Gasteiger partial charge in [-0.1, -0.05) is 24.3 Å². The first-order valence-electron chi connectivity index (χ1n) is 9.64. The molecule has 0 saturated carbocycles. The van der Waals surface area contributed by atoms with Crippen LogP contribution in [0.15, 0.2) is 70.3 Å². The molecule has 0 unspecified atom stereocenters. The van der Waals surface area contributed by atoms with Gasteiger partial charge >= 0.3 is 0 Å². The maximum atomic E-state index is 13.7. The molecule has 0 saturated heterocycles. The van der Waals surface area contributed by atoms with Gasteiger partial charge in [0.25, 0.3) is 5.91 Å². The fourth-order valence-electron chi connectivity index (χ4n) is 2.84. The Balaban J connectivity index is 0.00000341. The minimum atomic E-state index is -0.223. The highest BCUT2D eigenvalue weighted by Gasteiger charge is 2.08. The highest BCUT2D eigenvalue weighted by Crippen LogP contribution is 2.09. The van der Waals surface area contributed by atoms with Crippen LogP contribution in [0.5, 0.6) is 0 Å². The lowest BCUT2D eigenvalue weighted by atomic mass is 10.1. The Labute approximate surface area is 198 Å². The number of nitrogens with one attached hydrogen (secondary N) is 3. The van der Waals surface area contributed by atoms with Crippen LogP contribution in [0.3, 0.4) is 0 Å². The van der Waals surface area contributed by atoms with Crippen molar-refractivity contribution in [2.75, 3.05) is 7.05 Å². The van der Waals surface area contributed by atoms with Gasteiger partial charge in [-0.25, -0.2) is 4.39 Å². The van der Waals surface area contributed by atoms with Crippen LogP contribution in [0.4, 0.5) is 4.39 Å². The predicted molar refractivity (Wildman–Crippen MR) is 130 cm³/mol. The maximum Gasteiger partial charge on any atom is 0.251 e. The molecule has 0 aliphatic rings. The van der Waals surface area contributed by atoms with E-state index in [0.29, 0.717) is 42.5 Å². The molecule has 164 valence electrons. The Morgan fingerprint density at radius 3 is 2.35 bits per heavy atom. The fraction of sp³-hybridized carbons (Fsp3) is 0.217. The molecule has 0 spiro atoms. The molecule has 0 bridgehead atoms. The molecule has 3 rings (SSSR count). The van der Waals surface area contributed by atoms with Gasteiger partial charge in [-0.15, -0.1) is 24.0 Å². The van der Waals surface area contributed by atoms with Crippen molar-refractivity contribution in [1.29, 1.82) is 0 Å². The fourth-order valence-corrected chi connectivity index (χ4v) is 2.84. The summed E-state index contributed by atoms with van der Waals surface area (Å²) >= 11 is 0. The second kappa shape index (κ2) is 12.1. The van der Waals surface area contributed by atoms with E-state index in [2.05, 4.69) is 20.9 Å². The lowest BCUT2D eigenvalue weighted by molar-refractivity contribution is 0.0948. The Bertz CT molecular complexity index is 1020. The Hall–Kier alpha value is -2.88. The molecule has 1 heterocycles. The number of nitrogens with zero attached hydrogens (tertiary/aromatic N) is 1. The van der Waals surface area contributed by atoms with Gasteiger partial charge in [-0.05, 0) is 53.9 Å². The quantitative estimate of drug-likeness (QED) is 0.241. The van der Waals surface area contributed by atoms with E-state index < -0.39 is 0 Å². The average Bonchev–Trinajstić information content (AvgIpc) is 3.28. The molecular weight excluding hydrogens is 510 g/mol. The summed E-state index contributed by atoms with van der Waals surface area (Å²) in [4.78, 5) is 16.5. The van der Waals surface area contributed by atoms with Gasteiger partial charge in [-0.3, -0.25) is 9.79 Å². The number of amides is 1. The van der Waals surface area contributed by atoms with Crippen molar-refractivity contribution < 1.29 is 13.6 Å². The zero-order valence-corrected chi connectivity index (χ0v) is 19.8. The van der Waals surface area contributed by atoms with Crippen molar-refractivity contribution in [2.24, 2.45) is 4.99 Å². The lowest BCUT2D eigenvalue weighted by Crippen LogP contribution is -2.36. The van der Waals surface area contributed by atoms with Crippen molar-refractivity contribution >= 4 is 35.8 Å². The predicted octanol–water partition coefficient (Wildman–Crippen LogP) is 4.14. The van der Waals surface area contributed by atoms with E-state index in [4.69, 9.17) is 4.42 Å². The van der Waals surface area contributed by atoms with Gasteiger partial charge in [0.1, 0.15) is 11.6 Å². The molecule has 1 aromatic heterocycles. The molecule has 3 aromatic rings. The minimum Gasteiger partial charge on any atom is -0.467 e. The molecular formula is C23H26FIN4O2. The second-order valence-electron chi connectivity index (χ2n) is 6.83. The molecule has 0 aliphatic carbocycles. The molecule has 0 aliphatic heterocycles. The van der Waals surface area contributed by atoms with Gasteiger partial charge in [0.05, 0.1) is 12.8 Å². The average molecular weight is 536 g/mol. The zero-order chi connectivity index (χ0) is 21.3. The van der Waals surface area contributed by atoms with Gasteiger partial charge < -0.3 is 20.4 Å². The van der Waals surface area contributed by atoms with Crippen molar-refractivity contribution in [2.45, 2.75) is 26.6 Å². The first-order valence-corrected chi connectivity index (χ1v) is 9.64. The van der Waals surface area contributed by atoms with E-state index >= 15 is 0 Å². The molecule has 2 aromatic carbocycles. The number of carbonyl (C=O) groups is 1. The SMILES string of the molecule is CN=C(NCc1cccc(C(=O)NCc2ccco2)c1)NCc1ccc(C)c(F)c1.I. The molecule has 31 heavy (non-hydrogen) atoms. The van der Waals surface area contributed by atoms with Crippen LogP contribution in [0.2, 0.25) is 0 Å². The number of benzene rings is 2. The molecule has 1 amide bonds. The second-order valence-corrected chi connectivity index (χ2v) is 6.83. The normalized spacial score (nSPS) is 10.9. The molecule has 6 nitrogen and oxygen atoms in total. The topological polar surface area (TPSA) is 78.7 Å². The number of hydrogen-bond acceptors (Lipinski definition) is 3. The number of carbonyl (C=O) groups excluding carboxylic acids is 1. The van der Waals surface area contributed by atoms with Crippen molar-refractivity contribution in [3.63, 3.8) is 0 Å². The summed E-state index contributed by atoms with van der Waals surface area (Å²) in [5.41, 5.74) is 2.95. The smallest absolute Gasteiger partial charge is 0.251 e. The number of hydrogen-bond donors (Lipinski definition) is 3. The van der Waals surface area contributed by atoms with Gasteiger partial charge in [0.15, 0.2) is 5.96 Å². The summed E-state index contributed by atoms with van der Waals surface area (Å²) in [6, 6.07) is 16.1. The molecule has 0 radical (unpaired) electrons. The largest absolute Gasteiger partial charge is 0.467 e. The third-order valence-electron chi connectivity index (χ3n) is 4.57. The van der Waals surface area contributed by atoms with E-state index in [-0.39, 0.29) is 35.7 Å². The number of halogens is 2. The van der Waals surface area contributed by atoms with Crippen LogP contribution in [0, 0.1) is 12.7 Å². The van der Waals surface area contributed by atoms with E-state index in [1.165, 1.54) is 6.07 Å². The van der Waals surface area contributed by atoms with Crippen molar-refractivity contribution in [3.05, 3.63) is 94.7 Å². The molecule has 0 fully saturated rings. The Kier molecular flexibility index (Phi) is 9.51. The van der Waals surface area contributed by atoms with Gasteiger partial charge in [0.2, 0.25) is 0 Å². The highest BCUT2D eigenvalue weighted by atomic mass is 127. The minimum absolute atomic E-state index is 0. The summed E-state index contributed by atoms with van der Waals surface area (Å²) in [5.74, 6) is 0.893. The standard InChI is InChI=1S/C23H25FN4O2.HI/c1-16-8-9-18(12-21(16)24)14-28-23(25-2)27-13-17-5-3-6-19(11-17)22(29)26-15-20-7-4-10-30-20;/h3-12H,13-15H2,1-2H3,(H,26,29)(H2,25,27,28);1H. The Morgan fingerprint density at radius 1 is 0.968 bits per heavy atom. The van der Waals surface area contributed by atoms with Crippen LogP contribution in [-0.2, 0) is 19.6 Å². The van der Waals surface area contributed by atoms with Crippen LogP contribution >= 0.6 is 24.0 Å². The zero-order valence-electron chi connectivity index (χ0n) is 17.4. The molecule has 8 heteroatoms. The summed E-state index contributed by atoms with van der Waals surface area (Å²) in [6.07, 6.45) is 1.57. The van der Waals surface area contributed by atoms with E-state index in [9.17, 15) is 9.18 Å². The van der Waals surface area contributed by atoms with Crippen LogP contribution in [-0.4, -0.2) is 18.9 Å². The molecule has 0 atom stereocenters. The third-order valence-corrected chi connectivity index (χ3v) is 4.57. The summed E-state index contributed by atoms with van der Waals surface area (Å²) < 4.78 is 18.9. The van der Waals surface area contributed by atoms with Crippen LogP contribution < -0.4 is 16.0 Å². The monoisotopic (exact) mass is 536 g/mol. The summed E-state index contributed by atoms with van der Waals surface area (Å²) in [6.45, 7) is 3.01. The highest BCUT2D eigenvalue weighted by molar-refractivity contribution is 14.0. The number of rotatable bonds is 7. The lowest BCUT2D eigenvalue weighted by Gasteiger charge is -2.13. The van der Waals surface area contributed by atoms with Crippen molar-refractivity contribution in [3.8, 4) is 0 Å². The number of aryl methyl sites for hydroxylation is 1.